The summed E-state index contributed by atoms with van der Waals surface area (Å²) in [6.45, 7) is 0. The van der Waals surface area contributed by atoms with Gasteiger partial charge in [0.1, 0.15) is 0 Å². The van der Waals surface area contributed by atoms with Crippen LogP contribution in [0.1, 0.15) is 22.5 Å². The summed E-state index contributed by atoms with van der Waals surface area (Å²) in [5.41, 5.74) is 10.1. The summed E-state index contributed by atoms with van der Waals surface area (Å²) >= 11 is 0. The van der Waals surface area contributed by atoms with Crippen LogP contribution in [0, 0.1) is 0 Å². The molecule has 0 N–H and O–H groups in total. The van der Waals surface area contributed by atoms with Gasteiger partial charge in [-0.05, 0) is 64.8 Å². The topological polar surface area (TPSA) is 74.2 Å². The van der Waals surface area contributed by atoms with Gasteiger partial charge in [-0.3, -0.25) is 0 Å². The van der Waals surface area contributed by atoms with Crippen molar-refractivity contribution in [3.8, 4) is 0 Å². The SMILES string of the molecule is [Ni+2].[O-]/C=C1/C2=NC(=C(c3ccccc3)C3=NC(=CC4=NC(=C(c5ccccc5)c5ccc1[n-]5)C=C4)C=C3)C=C2. The summed E-state index contributed by atoms with van der Waals surface area (Å²) < 4.78 is 0. The van der Waals surface area contributed by atoms with E-state index < -0.39 is 0 Å². The molecular formula is C33H20N4NiO. The first-order chi connectivity index (χ1) is 18.8. The number of nitrogens with zero attached hydrogens (tertiary/aromatic N) is 4. The number of aliphatic imine (C=N–C) groups is 3. The summed E-state index contributed by atoms with van der Waals surface area (Å²) in [6, 6.07) is 23.9. The monoisotopic (exact) mass is 546 g/mol. The Morgan fingerprint density at radius 1 is 0.590 bits per heavy atom. The molecule has 188 valence electrons. The first-order valence-electron chi connectivity index (χ1n) is 12.4. The minimum atomic E-state index is 0. The first-order valence-corrected chi connectivity index (χ1v) is 12.4. The van der Waals surface area contributed by atoms with E-state index in [1.807, 2.05) is 115 Å². The van der Waals surface area contributed by atoms with E-state index in [1.165, 1.54) is 0 Å². The fourth-order valence-electron chi connectivity index (χ4n) is 4.97. The van der Waals surface area contributed by atoms with Crippen LogP contribution in [0.2, 0.25) is 0 Å². The van der Waals surface area contributed by atoms with Crippen molar-refractivity contribution < 1.29 is 21.6 Å². The van der Waals surface area contributed by atoms with Crippen molar-refractivity contribution in [1.82, 2.24) is 4.98 Å². The van der Waals surface area contributed by atoms with Gasteiger partial charge in [0.25, 0.3) is 0 Å². The van der Waals surface area contributed by atoms with Gasteiger partial charge in [0.15, 0.2) is 0 Å². The molecule has 0 saturated heterocycles. The molecule has 0 fully saturated rings. The van der Waals surface area contributed by atoms with Gasteiger partial charge in [-0.25, -0.2) is 15.0 Å². The third kappa shape index (κ3) is 4.45. The minimum absolute atomic E-state index is 0. The first kappa shape index (κ1) is 24.5. The van der Waals surface area contributed by atoms with Crippen molar-refractivity contribution in [3.63, 3.8) is 0 Å². The van der Waals surface area contributed by atoms with E-state index in [9.17, 15) is 5.11 Å². The maximum atomic E-state index is 12.4. The largest absolute Gasteiger partial charge is 2.00 e. The molecule has 2 aromatic carbocycles. The van der Waals surface area contributed by atoms with Crippen molar-refractivity contribution in [3.05, 3.63) is 161 Å². The Labute approximate surface area is 236 Å². The summed E-state index contributed by atoms with van der Waals surface area (Å²) in [6.07, 6.45) is 14.6. The van der Waals surface area contributed by atoms with Crippen molar-refractivity contribution in [2.24, 2.45) is 15.0 Å². The Kier molecular flexibility index (Phi) is 6.39. The van der Waals surface area contributed by atoms with E-state index in [1.54, 1.807) is 0 Å². The molecule has 1 aromatic heterocycles. The molecule has 0 amide bonds. The van der Waals surface area contributed by atoms with Gasteiger partial charge in [-0.2, -0.15) is 0 Å². The molecular weight excluding hydrogens is 527 g/mol. The van der Waals surface area contributed by atoms with Crippen LogP contribution in [-0.2, 0) is 16.5 Å². The predicted octanol–water partition coefficient (Wildman–Crippen LogP) is 5.44. The van der Waals surface area contributed by atoms with Crippen LogP contribution >= 0.6 is 0 Å². The summed E-state index contributed by atoms with van der Waals surface area (Å²) in [5.74, 6) is 0. The van der Waals surface area contributed by atoms with Gasteiger partial charge in [0, 0.05) is 5.57 Å². The molecule has 8 bridgehead atoms. The zero-order valence-corrected chi connectivity index (χ0v) is 21.5. The molecule has 0 spiro atoms. The maximum Gasteiger partial charge on any atom is 2.00 e. The Hall–Kier alpha value is -4.80. The third-order valence-corrected chi connectivity index (χ3v) is 6.72. The number of benzene rings is 2. The molecule has 6 heteroatoms. The van der Waals surface area contributed by atoms with E-state index in [0.29, 0.717) is 17.0 Å². The number of allylic oxidation sites excluding steroid dienone is 9. The Bertz CT molecular complexity index is 1790. The fourth-order valence-corrected chi connectivity index (χ4v) is 4.97. The second kappa shape index (κ2) is 10.2. The van der Waals surface area contributed by atoms with Gasteiger partial charge in [0.2, 0.25) is 0 Å². The molecule has 5 nitrogen and oxygen atoms in total. The number of hydrogen-bond donors (Lipinski definition) is 0. The van der Waals surface area contributed by atoms with Crippen molar-refractivity contribution in [2.45, 2.75) is 0 Å². The number of rotatable bonds is 2. The van der Waals surface area contributed by atoms with Crippen molar-refractivity contribution in [1.29, 1.82) is 0 Å². The number of hydrogen-bond acceptors (Lipinski definition) is 4. The van der Waals surface area contributed by atoms with Crippen LogP contribution in [0.3, 0.4) is 0 Å². The van der Waals surface area contributed by atoms with Gasteiger partial charge in [-0.15, -0.1) is 17.6 Å². The average Bonchev–Trinajstić information content (AvgIpc) is 3.77. The van der Waals surface area contributed by atoms with Crippen LogP contribution < -0.4 is 10.1 Å². The molecule has 4 aliphatic rings. The standard InChI is InChI=1S/C33H21N4O.Ni/c38-20-25-26-15-17-30(36-26)32(21-7-3-1-4-8-21)28-13-11-23(34-28)19-24-12-14-29(35-24)33(22-9-5-2-6-10-22)31-18-16-27(25)37-31;/h1-20H,(H-,34,35,36,37,38);/q-1;+2/p-1. The number of fused-ring (bicyclic) bond motifs is 5. The molecule has 4 aliphatic heterocycles. The zero-order valence-electron chi connectivity index (χ0n) is 20.6. The summed E-state index contributed by atoms with van der Waals surface area (Å²) in [4.78, 5) is 19.6. The molecule has 0 saturated carbocycles. The Morgan fingerprint density at radius 2 is 1.23 bits per heavy atom. The average molecular weight is 547 g/mol. The van der Waals surface area contributed by atoms with Gasteiger partial charge in [0.05, 0.1) is 34.2 Å². The Balaban J connectivity index is 0.00000277. The van der Waals surface area contributed by atoms with Crippen LogP contribution in [0.5, 0.6) is 0 Å². The zero-order chi connectivity index (χ0) is 25.5. The number of aromatic nitrogens is 1. The molecule has 3 aromatic rings. The van der Waals surface area contributed by atoms with Crippen molar-refractivity contribution in [2.75, 3.05) is 0 Å². The minimum Gasteiger partial charge on any atom is -0.877 e. The van der Waals surface area contributed by atoms with Gasteiger partial charge >= 0.3 is 16.5 Å². The summed E-state index contributed by atoms with van der Waals surface area (Å²) in [7, 11) is 0. The third-order valence-electron chi connectivity index (χ3n) is 6.72. The molecule has 39 heavy (non-hydrogen) atoms. The molecule has 0 aliphatic carbocycles. The van der Waals surface area contributed by atoms with Crippen LogP contribution in [0.15, 0.2) is 154 Å². The quantitative estimate of drug-likeness (QED) is 0.317. The molecule has 0 unspecified atom stereocenters. The van der Waals surface area contributed by atoms with E-state index in [-0.39, 0.29) is 16.5 Å². The maximum absolute atomic E-state index is 12.4. The van der Waals surface area contributed by atoms with E-state index in [4.69, 9.17) is 20.0 Å². The second-order valence-electron chi connectivity index (χ2n) is 9.10. The summed E-state index contributed by atoms with van der Waals surface area (Å²) in [5, 5.41) is 12.4. The van der Waals surface area contributed by atoms with E-state index in [2.05, 4.69) is 0 Å². The normalized spacial score (nSPS) is 18.3. The Morgan fingerprint density at radius 3 is 1.97 bits per heavy atom. The van der Waals surface area contributed by atoms with E-state index in [0.717, 1.165) is 62.7 Å². The molecule has 0 radical (unpaired) electrons. The van der Waals surface area contributed by atoms with E-state index >= 15 is 0 Å². The second-order valence-corrected chi connectivity index (χ2v) is 9.10. The van der Waals surface area contributed by atoms with Crippen LogP contribution in [0.4, 0.5) is 0 Å². The predicted molar refractivity (Wildman–Crippen MR) is 151 cm³/mol. The molecule has 0 atom stereocenters. The molecule has 7 rings (SSSR count). The van der Waals surface area contributed by atoms with Crippen molar-refractivity contribution >= 4 is 33.9 Å². The fraction of sp³-hybridized carbons (Fsp3) is 0. The smallest absolute Gasteiger partial charge is 0.877 e. The van der Waals surface area contributed by atoms with Crippen LogP contribution in [0.25, 0.3) is 16.7 Å². The van der Waals surface area contributed by atoms with Crippen LogP contribution in [-0.4, -0.2) is 17.1 Å². The van der Waals surface area contributed by atoms with Gasteiger partial charge in [-0.1, -0.05) is 72.8 Å². The molecule has 5 heterocycles. The van der Waals surface area contributed by atoms with Gasteiger partial charge < -0.3 is 10.1 Å².